The Morgan fingerprint density at radius 1 is 1.03 bits per heavy atom. The van der Waals surface area contributed by atoms with Crippen LogP contribution in [0.15, 0.2) is 60.7 Å². The summed E-state index contributed by atoms with van der Waals surface area (Å²) in [5.41, 5.74) is 1.01. The molecule has 2 aromatic carbocycles. The van der Waals surface area contributed by atoms with Crippen LogP contribution in [0.5, 0.6) is 0 Å². The van der Waals surface area contributed by atoms with Gasteiger partial charge in [-0.3, -0.25) is 0 Å². The zero-order chi connectivity index (χ0) is 22.2. The van der Waals surface area contributed by atoms with Crippen molar-refractivity contribution in [3.8, 4) is 17.3 Å². The van der Waals surface area contributed by atoms with Crippen molar-refractivity contribution in [2.75, 3.05) is 24.3 Å². The van der Waals surface area contributed by atoms with E-state index in [4.69, 9.17) is 0 Å². The van der Waals surface area contributed by atoms with Crippen molar-refractivity contribution in [3.05, 3.63) is 71.9 Å². The lowest BCUT2D eigenvalue weighted by atomic mass is 10.1. The Hall–Kier alpha value is -4.06. The van der Waals surface area contributed by atoms with E-state index in [0.29, 0.717) is 11.3 Å². The number of hydrogen-bond acceptors (Lipinski definition) is 5. The molecule has 2 aromatic heterocycles. The monoisotopic (exact) mass is 422 g/mol. The average molecular weight is 422 g/mol. The molecule has 4 rings (SSSR count). The number of alkyl halides is 3. The Morgan fingerprint density at radius 3 is 2.29 bits per heavy atom. The van der Waals surface area contributed by atoms with Gasteiger partial charge >= 0.3 is 6.18 Å². The van der Waals surface area contributed by atoms with Crippen molar-refractivity contribution in [2.24, 2.45) is 0 Å². The molecular formula is C22H17F3N6. The molecule has 9 heteroatoms. The Morgan fingerprint density at radius 2 is 1.71 bits per heavy atom. The van der Waals surface area contributed by atoms with Crippen LogP contribution in [0.1, 0.15) is 11.3 Å². The van der Waals surface area contributed by atoms with Gasteiger partial charge in [-0.1, -0.05) is 30.3 Å². The molecule has 31 heavy (non-hydrogen) atoms. The summed E-state index contributed by atoms with van der Waals surface area (Å²) in [6.07, 6.45) is -4.67. The number of hydrogen-bond donors (Lipinski definition) is 1. The molecule has 0 bridgehead atoms. The second-order valence-corrected chi connectivity index (χ2v) is 7.03. The number of aromatic nitrogens is 3. The van der Waals surface area contributed by atoms with Gasteiger partial charge in [-0.2, -0.15) is 18.4 Å². The van der Waals surface area contributed by atoms with Gasteiger partial charge in [0.1, 0.15) is 17.3 Å². The summed E-state index contributed by atoms with van der Waals surface area (Å²) in [7, 11) is 3.82. The number of halogens is 3. The maximum absolute atomic E-state index is 13.5. The number of nitrogens with one attached hydrogen (secondary N) is 1. The molecule has 0 saturated heterocycles. The molecule has 1 N–H and O–H groups in total. The molecule has 0 radical (unpaired) electrons. The highest BCUT2D eigenvalue weighted by molar-refractivity contribution is 5.75. The largest absolute Gasteiger partial charge is 0.433 e. The quantitative estimate of drug-likeness (QED) is 0.496. The number of benzene rings is 2. The van der Waals surface area contributed by atoms with Gasteiger partial charge in [0.15, 0.2) is 11.5 Å². The van der Waals surface area contributed by atoms with Crippen molar-refractivity contribution in [2.45, 2.75) is 6.18 Å². The number of nitrogens with zero attached hydrogens (tertiary/aromatic N) is 5. The fraction of sp³-hybridized carbons (Fsp3) is 0.136. The fourth-order valence-corrected chi connectivity index (χ4v) is 3.15. The summed E-state index contributed by atoms with van der Waals surface area (Å²) in [4.78, 5) is 5.64. The second kappa shape index (κ2) is 7.65. The van der Waals surface area contributed by atoms with Crippen LogP contribution in [0.4, 0.5) is 30.4 Å². The lowest BCUT2D eigenvalue weighted by molar-refractivity contribution is -0.141. The van der Waals surface area contributed by atoms with E-state index < -0.39 is 11.9 Å². The molecule has 0 unspecified atom stereocenters. The second-order valence-electron chi connectivity index (χ2n) is 7.03. The summed E-state index contributed by atoms with van der Waals surface area (Å²) in [6.45, 7) is 0. The molecule has 0 atom stereocenters. The Labute approximate surface area is 176 Å². The Bertz CT molecular complexity index is 1270. The summed E-state index contributed by atoms with van der Waals surface area (Å²) in [5, 5.41) is 17.1. The van der Waals surface area contributed by atoms with Crippen LogP contribution in [0, 0.1) is 11.3 Å². The summed E-state index contributed by atoms with van der Waals surface area (Å²) in [6, 6.07) is 18.8. The topological polar surface area (TPSA) is 69.2 Å². The third-order valence-electron chi connectivity index (χ3n) is 4.71. The molecule has 0 fully saturated rings. The predicted octanol–water partition coefficient (Wildman–Crippen LogP) is 5.10. The molecule has 0 saturated carbocycles. The smallest absolute Gasteiger partial charge is 0.378 e. The summed E-state index contributed by atoms with van der Waals surface area (Å²) in [5.74, 6) is 0.129. The zero-order valence-corrected chi connectivity index (χ0v) is 16.6. The summed E-state index contributed by atoms with van der Waals surface area (Å²) >= 11 is 0. The zero-order valence-electron chi connectivity index (χ0n) is 16.6. The fourth-order valence-electron chi connectivity index (χ4n) is 3.15. The molecule has 0 aliphatic heterocycles. The molecule has 4 aromatic rings. The Balaban J connectivity index is 1.89. The van der Waals surface area contributed by atoms with Crippen LogP contribution in [0.3, 0.4) is 0 Å². The molecule has 6 nitrogen and oxygen atoms in total. The van der Waals surface area contributed by atoms with E-state index in [1.165, 1.54) is 4.52 Å². The maximum Gasteiger partial charge on any atom is 0.433 e. The predicted molar refractivity (Wildman–Crippen MR) is 112 cm³/mol. The van der Waals surface area contributed by atoms with Crippen LogP contribution in [-0.4, -0.2) is 28.7 Å². The van der Waals surface area contributed by atoms with Crippen molar-refractivity contribution >= 4 is 22.8 Å². The molecule has 2 heterocycles. The lowest BCUT2D eigenvalue weighted by Gasteiger charge is -2.12. The summed E-state index contributed by atoms with van der Waals surface area (Å²) < 4.78 is 41.8. The van der Waals surface area contributed by atoms with Crippen molar-refractivity contribution in [3.63, 3.8) is 0 Å². The average Bonchev–Trinajstić information content (AvgIpc) is 3.10. The molecule has 0 aliphatic rings. The third kappa shape index (κ3) is 3.88. The van der Waals surface area contributed by atoms with Crippen LogP contribution >= 0.6 is 0 Å². The SMILES string of the molecule is CN(C)c1ccc(Nc2nn3c(-c4ccccc4)cc(C(F)(F)F)nc3c2C#N)cc1. The first kappa shape index (κ1) is 20.2. The number of anilines is 3. The van der Waals surface area contributed by atoms with Crippen molar-refractivity contribution in [1.29, 1.82) is 5.26 Å². The van der Waals surface area contributed by atoms with Crippen molar-refractivity contribution < 1.29 is 13.2 Å². The van der Waals surface area contributed by atoms with Gasteiger partial charge in [-0.15, -0.1) is 5.10 Å². The van der Waals surface area contributed by atoms with Gasteiger partial charge in [0.2, 0.25) is 0 Å². The van der Waals surface area contributed by atoms with Gasteiger partial charge < -0.3 is 10.2 Å². The van der Waals surface area contributed by atoms with E-state index in [0.717, 1.165) is 11.8 Å². The van der Waals surface area contributed by atoms with Crippen LogP contribution in [0.25, 0.3) is 16.9 Å². The highest BCUT2D eigenvalue weighted by Crippen LogP contribution is 2.34. The number of nitriles is 1. The van der Waals surface area contributed by atoms with E-state index in [-0.39, 0.29) is 22.7 Å². The van der Waals surface area contributed by atoms with Gasteiger partial charge in [-0.25, -0.2) is 9.50 Å². The van der Waals surface area contributed by atoms with Gasteiger partial charge in [-0.05, 0) is 30.3 Å². The molecule has 0 amide bonds. The first-order valence-electron chi connectivity index (χ1n) is 9.29. The van der Waals surface area contributed by atoms with E-state index in [9.17, 15) is 18.4 Å². The lowest BCUT2D eigenvalue weighted by Crippen LogP contribution is -2.11. The number of fused-ring (bicyclic) bond motifs is 1. The highest BCUT2D eigenvalue weighted by atomic mass is 19.4. The van der Waals surface area contributed by atoms with E-state index >= 15 is 0 Å². The van der Waals surface area contributed by atoms with Crippen LogP contribution in [0.2, 0.25) is 0 Å². The van der Waals surface area contributed by atoms with Crippen LogP contribution < -0.4 is 10.2 Å². The normalized spacial score (nSPS) is 11.4. The minimum atomic E-state index is -4.67. The number of rotatable bonds is 4. The third-order valence-corrected chi connectivity index (χ3v) is 4.71. The standard InChI is InChI=1S/C22H17F3N6/c1-30(2)16-10-8-15(9-11-16)27-20-17(13-26)21-28-19(22(23,24)25)12-18(31(21)29-20)14-6-4-3-5-7-14/h3-12H,1-2H3,(H,27,29). The highest BCUT2D eigenvalue weighted by Gasteiger charge is 2.34. The van der Waals surface area contributed by atoms with Crippen molar-refractivity contribution in [1.82, 2.24) is 14.6 Å². The van der Waals surface area contributed by atoms with E-state index in [2.05, 4.69) is 15.4 Å². The molecule has 156 valence electrons. The first-order chi connectivity index (χ1) is 14.8. The van der Waals surface area contributed by atoms with Gasteiger partial charge in [0, 0.05) is 31.0 Å². The van der Waals surface area contributed by atoms with Crippen LogP contribution in [-0.2, 0) is 6.18 Å². The molecule has 0 aliphatic carbocycles. The minimum Gasteiger partial charge on any atom is -0.378 e. The van der Waals surface area contributed by atoms with Gasteiger partial charge in [0.25, 0.3) is 0 Å². The van der Waals surface area contributed by atoms with E-state index in [1.807, 2.05) is 37.2 Å². The maximum atomic E-state index is 13.5. The first-order valence-corrected chi connectivity index (χ1v) is 9.29. The molecular weight excluding hydrogens is 405 g/mol. The molecule has 0 spiro atoms. The Kier molecular flexibility index (Phi) is 4.99. The minimum absolute atomic E-state index is 0.0695. The van der Waals surface area contributed by atoms with E-state index in [1.54, 1.807) is 42.5 Å². The van der Waals surface area contributed by atoms with Gasteiger partial charge in [0.05, 0.1) is 5.69 Å².